The first-order chi connectivity index (χ1) is 26.1. The minimum Gasteiger partial charge on any atom is -0.456 e. The number of amides is 1. The number of ether oxygens (including phenoxy) is 4. The largest absolute Gasteiger partial charge is 0.456 e. The maximum Gasteiger partial charge on any atom is 0.338 e. The summed E-state index contributed by atoms with van der Waals surface area (Å²) in [6.07, 6.45) is 0.224. The molecule has 3 aliphatic carbocycles. The number of fused-ring (bicyclic) bond motifs is 6. The molecule has 3 unspecified atom stereocenters. The van der Waals surface area contributed by atoms with Gasteiger partial charge in [0, 0.05) is 28.7 Å². The highest BCUT2D eigenvalue weighted by atomic mass is 16.8. The predicted molar refractivity (Wildman–Crippen MR) is 204 cm³/mol. The third-order valence-electron chi connectivity index (χ3n) is 12.5. The molecule has 3 N–H and O–H groups in total. The minimum atomic E-state index is -1.82. The highest BCUT2D eigenvalue weighted by molar-refractivity contribution is 5.95. The number of esters is 2. The number of aliphatic hydroxyl groups excluding tert-OH is 1. The fourth-order valence-electron chi connectivity index (χ4n) is 9.42. The van der Waals surface area contributed by atoms with E-state index in [4.69, 9.17) is 18.9 Å². The van der Waals surface area contributed by atoms with Crippen LogP contribution in [0.4, 0.5) is 0 Å². The summed E-state index contributed by atoms with van der Waals surface area (Å²) in [5.41, 5.74) is -0.994. The summed E-state index contributed by atoms with van der Waals surface area (Å²) >= 11 is 0. The molecule has 1 saturated heterocycles. The molecule has 2 bridgehead atoms. The second-order valence-electron chi connectivity index (χ2n) is 16.6. The molecule has 3 aromatic carbocycles. The van der Waals surface area contributed by atoms with E-state index in [0.29, 0.717) is 34.3 Å². The Labute approximate surface area is 322 Å². The standard InChI is InChI=1S/C45H51NO9/c1-27-32(52-41(50)35(47)34(28-18-10-7-11-19-28)46-39(48)29-20-12-8-13-21-29)26-45(51)37(53-40(49)30-22-14-9-15-23-30)31-24-16-17-25-44(31,6)38-36(33(27)42(45,2)3)54-43(4,5)55-38/h7-16,18-24,31-32,34-38,47,51H,17,25-26H2,1-6H3,(H,46,48)/t31?,32-,34-,35+,36?,37-,38?,44+,45+/m0/s1. The lowest BCUT2D eigenvalue weighted by molar-refractivity contribution is -0.213. The van der Waals surface area contributed by atoms with Crippen LogP contribution < -0.4 is 5.32 Å². The van der Waals surface area contributed by atoms with Crippen LogP contribution in [0.25, 0.3) is 0 Å². The molecule has 1 aliphatic heterocycles. The van der Waals surface area contributed by atoms with Crippen molar-refractivity contribution in [3.8, 4) is 0 Å². The molecule has 3 aromatic rings. The van der Waals surface area contributed by atoms with E-state index in [2.05, 4.69) is 18.3 Å². The van der Waals surface area contributed by atoms with Crippen LogP contribution in [0.2, 0.25) is 0 Å². The van der Waals surface area contributed by atoms with E-state index in [1.54, 1.807) is 84.9 Å². The third-order valence-corrected chi connectivity index (χ3v) is 12.5. The monoisotopic (exact) mass is 749 g/mol. The van der Waals surface area contributed by atoms with Gasteiger partial charge in [-0.25, -0.2) is 9.59 Å². The minimum absolute atomic E-state index is 0.144. The Morgan fingerprint density at radius 2 is 1.44 bits per heavy atom. The maximum atomic E-state index is 14.2. The van der Waals surface area contributed by atoms with E-state index in [1.165, 1.54) is 0 Å². The van der Waals surface area contributed by atoms with Crippen molar-refractivity contribution < 1.29 is 43.5 Å². The third kappa shape index (κ3) is 6.84. The van der Waals surface area contributed by atoms with Crippen molar-refractivity contribution in [1.82, 2.24) is 5.32 Å². The number of benzene rings is 3. The first kappa shape index (κ1) is 38.7. The summed E-state index contributed by atoms with van der Waals surface area (Å²) in [7, 11) is 0. The predicted octanol–water partition coefficient (Wildman–Crippen LogP) is 6.64. The summed E-state index contributed by atoms with van der Waals surface area (Å²) in [5.74, 6) is -3.57. The average Bonchev–Trinajstić information content (AvgIpc) is 3.50. The second-order valence-corrected chi connectivity index (χ2v) is 16.6. The molecule has 2 fully saturated rings. The van der Waals surface area contributed by atoms with Crippen LogP contribution in [0.3, 0.4) is 0 Å². The highest BCUT2D eigenvalue weighted by Crippen LogP contribution is 2.62. The van der Waals surface area contributed by atoms with Gasteiger partial charge >= 0.3 is 11.9 Å². The number of hydrogen-bond donors (Lipinski definition) is 3. The van der Waals surface area contributed by atoms with Gasteiger partial charge in [-0.2, -0.15) is 0 Å². The Kier molecular flexibility index (Phi) is 10.2. The van der Waals surface area contributed by atoms with Gasteiger partial charge in [-0.05, 0) is 74.6 Å². The summed E-state index contributed by atoms with van der Waals surface area (Å²) in [4.78, 5) is 41.5. The molecule has 1 heterocycles. The van der Waals surface area contributed by atoms with Crippen LogP contribution >= 0.6 is 0 Å². The molecule has 1 saturated carbocycles. The molecule has 7 rings (SSSR count). The van der Waals surface area contributed by atoms with Crippen LogP contribution in [0.15, 0.2) is 114 Å². The lowest BCUT2D eigenvalue weighted by Crippen LogP contribution is -2.69. The maximum absolute atomic E-state index is 14.2. The van der Waals surface area contributed by atoms with E-state index >= 15 is 0 Å². The molecule has 9 atom stereocenters. The van der Waals surface area contributed by atoms with Gasteiger partial charge in [0.05, 0.1) is 17.7 Å². The van der Waals surface area contributed by atoms with Crippen LogP contribution in [0.5, 0.6) is 0 Å². The smallest absolute Gasteiger partial charge is 0.338 e. The van der Waals surface area contributed by atoms with Crippen LogP contribution in [-0.2, 0) is 23.7 Å². The Hall–Kier alpha value is -4.61. The lowest BCUT2D eigenvalue weighted by atomic mass is 9.49. The van der Waals surface area contributed by atoms with Gasteiger partial charge in [-0.3, -0.25) is 4.79 Å². The molecule has 10 heteroatoms. The van der Waals surface area contributed by atoms with Crippen molar-refractivity contribution in [1.29, 1.82) is 0 Å². The van der Waals surface area contributed by atoms with Crippen molar-refractivity contribution >= 4 is 17.8 Å². The number of hydrogen-bond acceptors (Lipinski definition) is 9. The summed E-state index contributed by atoms with van der Waals surface area (Å²) in [6, 6.07) is 24.8. The van der Waals surface area contributed by atoms with Gasteiger partial charge in [0.15, 0.2) is 11.9 Å². The van der Waals surface area contributed by atoms with E-state index in [1.807, 2.05) is 46.8 Å². The number of nitrogens with one attached hydrogen (secondary N) is 1. The van der Waals surface area contributed by atoms with E-state index in [-0.39, 0.29) is 6.42 Å². The molecule has 0 aromatic heterocycles. The number of carbonyl (C=O) groups excluding carboxylic acids is 3. The number of rotatable bonds is 8. The lowest BCUT2D eigenvalue weighted by Gasteiger charge is -2.60. The first-order valence-corrected chi connectivity index (χ1v) is 19.1. The second kappa shape index (κ2) is 14.5. The molecule has 4 aliphatic rings. The fraction of sp³-hybridized carbons (Fsp3) is 0.444. The molecule has 290 valence electrons. The van der Waals surface area contributed by atoms with E-state index < -0.39 is 82.5 Å². The van der Waals surface area contributed by atoms with Crippen molar-refractivity contribution in [3.63, 3.8) is 0 Å². The van der Waals surface area contributed by atoms with Crippen molar-refractivity contribution in [2.75, 3.05) is 0 Å². The van der Waals surface area contributed by atoms with E-state index in [9.17, 15) is 24.6 Å². The zero-order valence-corrected chi connectivity index (χ0v) is 32.2. The Balaban J connectivity index is 1.30. The number of allylic oxidation sites excluding steroid dienone is 1. The number of aliphatic hydroxyl groups is 2. The Morgan fingerprint density at radius 3 is 2.07 bits per heavy atom. The molecule has 1 amide bonds. The van der Waals surface area contributed by atoms with Crippen LogP contribution in [0, 0.1) is 16.7 Å². The zero-order chi connectivity index (χ0) is 39.3. The molecule has 10 nitrogen and oxygen atoms in total. The fourth-order valence-corrected chi connectivity index (χ4v) is 9.42. The van der Waals surface area contributed by atoms with E-state index in [0.717, 1.165) is 6.42 Å². The van der Waals surface area contributed by atoms with Crippen molar-refractivity contribution in [2.24, 2.45) is 16.7 Å². The highest BCUT2D eigenvalue weighted by Gasteiger charge is 2.69. The molecule has 55 heavy (non-hydrogen) atoms. The number of carbonyl (C=O) groups is 3. The van der Waals surface area contributed by atoms with Gasteiger partial charge in [0.1, 0.15) is 23.9 Å². The first-order valence-electron chi connectivity index (χ1n) is 19.1. The van der Waals surface area contributed by atoms with Gasteiger partial charge in [0.25, 0.3) is 5.91 Å². The average molecular weight is 750 g/mol. The molecule has 0 radical (unpaired) electrons. The van der Waals surface area contributed by atoms with Crippen LogP contribution in [-0.4, -0.2) is 70.0 Å². The van der Waals surface area contributed by atoms with Gasteiger partial charge in [-0.1, -0.05) is 99.7 Å². The quantitative estimate of drug-likeness (QED) is 0.171. The molecular formula is C45H51NO9. The van der Waals surface area contributed by atoms with Gasteiger partial charge in [-0.15, -0.1) is 0 Å². The van der Waals surface area contributed by atoms with Gasteiger partial charge < -0.3 is 34.5 Å². The molecule has 0 spiro atoms. The normalized spacial score (nSPS) is 31.5. The SMILES string of the molecule is CC1=C2C3OC(C)(C)OC3[C@]3(C)CCC=CC3[C@H](OC(=O)c3ccccc3)[C@](O)(C[C@@H]1OC(=O)[C@H](O)[C@@H](NC(=O)c1ccccc1)c1ccccc1)C2(C)C. The van der Waals surface area contributed by atoms with Crippen LogP contribution in [0.1, 0.15) is 93.1 Å². The Bertz CT molecular complexity index is 1980. The topological polar surface area (TPSA) is 141 Å². The Morgan fingerprint density at radius 1 is 0.836 bits per heavy atom. The summed E-state index contributed by atoms with van der Waals surface area (Å²) in [5, 5.41) is 28.0. The van der Waals surface area contributed by atoms with Crippen molar-refractivity contribution in [2.45, 2.75) is 109 Å². The van der Waals surface area contributed by atoms with Crippen molar-refractivity contribution in [3.05, 3.63) is 131 Å². The zero-order valence-electron chi connectivity index (χ0n) is 32.2. The van der Waals surface area contributed by atoms with Gasteiger partial charge in [0.2, 0.25) is 0 Å². The molecular weight excluding hydrogens is 698 g/mol. The summed E-state index contributed by atoms with van der Waals surface area (Å²) < 4.78 is 26.2. The summed E-state index contributed by atoms with van der Waals surface area (Å²) in [6.45, 7) is 11.5.